The van der Waals surface area contributed by atoms with Crippen LogP contribution < -0.4 is 5.32 Å². The van der Waals surface area contributed by atoms with Crippen molar-refractivity contribution in [3.63, 3.8) is 0 Å². The molecule has 1 aliphatic carbocycles. The first-order valence-corrected chi connectivity index (χ1v) is 8.51. The van der Waals surface area contributed by atoms with Gasteiger partial charge < -0.3 is 10.2 Å². The fraction of sp³-hybridized carbons (Fsp3) is 1.00. The molecule has 3 rings (SSSR count). The van der Waals surface area contributed by atoms with Crippen molar-refractivity contribution in [3.05, 3.63) is 0 Å². The van der Waals surface area contributed by atoms with E-state index in [4.69, 9.17) is 0 Å². The van der Waals surface area contributed by atoms with Crippen molar-refractivity contribution in [2.24, 2.45) is 5.92 Å². The van der Waals surface area contributed by atoms with Crippen LogP contribution >= 0.6 is 0 Å². The zero-order valence-electron chi connectivity index (χ0n) is 12.6. The molecule has 0 aromatic rings. The van der Waals surface area contributed by atoms with Crippen LogP contribution in [0.1, 0.15) is 45.4 Å². The molecule has 3 fully saturated rings. The van der Waals surface area contributed by atoms with Gasteiger partial charge in [0, 0.05) is 44.8 Å². The van der Waals surface area contributed by atoms with Crippen molar-refractivity contribution >= 4 is 0 Å². The number of piperazine rings is 1. The highest BCUT2D eigenvalue weighted by Crippen LogP contribution is 2.25. The molecule has 3 aliphatic rings. The van der Waals surface area contributed by atoms with Crippen LogP contribution in [0.2, 0.25) is 0 Å². The Morgan fingerprint density at radius 1 is 1.00 bits per heavy atom. The van der Waals surface area contributed by atoms with E-state index in [-0.39, 0.29) is 0 Å². The second kappa shape index (κ2) is 6.55. The molecule has 0 radical (unpaired) electrons. The minimum atomic E-state index is 0.735. The highest BCUT2D eigenvalue weighted by Gasteiger charge is 2.27. The summed E-state index contributed by atoms with van der Waals surface area (Å²) < 4.78 is 0. The Bertz CT molecular complexity index is 267. The maximum absolute atomic E-state index is 3.57. The molecule has 3 heteroatoms. The lowest BCUT2D eigenvalue weighted by Gasteiger charge is -2.40. The standard InChI is InChI=1S/C16H31N3/c1-14-12-15(6-7-17-14)13-18-8-10-19(11-9-18)16-4-2-3-5-16/h14-17H,2-13H2,1H3. The van der Waals surface area contributed by atoms with Crippen LogP contribution in [-0.2, 0) is 0 Å². The average molecular weight is 265 g/mol. The molecule has 2 unspecified atom stereocenters. The van der Waals surface area contributed by atoms with E-state index in [2.05, 4.69) is 22.0 Å². The topological polar surface area (TPSA) is 18.5 Å². The average Bonchev–Trinajstić information content (AvgIpc) is 2.94. The Morgan fingerprint density at radius 2 is 1.74 bits per heavy atom. The zero-order chi connectivity index (χ0) is 13.1. The van der Waals surface area contributed by atoms with Gasteiger partial charge in [-0.25, -0.2) is 0 Å². The number of piperidine rings is 1. The lowest BCUT2D eigenvalue weighted by Crippen LogP contribution is -2.51. The fourth-order valence-electron chi connectivity index (χ4n) is 4.35. The van der Waals surface area contributed by atoms with Crippen LogP contribution in [0.3, 0.4) is 0 Å². The predicted molar refractivity (Wildman–Crippen MR) is 80.5 cm³/mol. The van der Waals surface area contributed by atoms with Crippen LogP contribution in [0.15, 0.2) is 0 Å². The minimum absolute atomic E-state index is 0.735. The number of rotatable bonds is 3. The Hall–Kier alpha value is -0.120. The summed E-state index contributed by atoms with van der Waals surface area (Å²) in [4.78, 5) is 5.50. The third kappa shape index (κ3) is 3.71. The molecule has 1 saturated carbocycles. The van der Waals surface area contributed by atoms with E-state index in [9.17, 15) is 0 Å². The van der Waals surface area contributed by atoms with E-state index in [1.54, 1.807) is 0 Å². The largest absolute Gasteiger partial charge is 0.314 e. The van der Waals surface area contributed by atoms with Crippen molar-refractivity contribution in [3.8, 4) is 0 Å². The summed E-state index contributed by atoms with van der Waals surface area (Å²) in [6.07, 6.45) is 8.63. The van der Waals surface area contributed by atoms with Gasteiger partial charge in [-0.05, 0) is 45.1 Å². The lowest BCUT2D eigenvalue weighted by molar-refractivity contribution is 0.0812. The molecular formula is C16H31N3. The minimum Gasteiger partial charge on any atom is -0.314 e. The van der Waals surface area contributed by atoms with Gasteiger partial charge in [0.25, 0.3) is 0 Å². The second-order valence-corrected chi connectivity index (χ2v) is 7.02. The van der Waals surface area contributed by atoms with Gasteiger partial charge in [-0.2, -0.15) is 0 Å². The molecule has 0 aromatic heterocycles. The summed E-state index contributed by atoms with van der Waals surface area (Å²) in [6.45, 7) is 10.2. The molecule has 2 heterocycles. The van der Waals surface area contributed by atoms with Crippen LogP contribution in [0, 0.1) is 5.92 Å². The third-order valence-electron chi connectivity index (χ3n) is 5.50. The molecule has 110 valence electrons. The molecule has 0 spiro atoms. The smallest absolute Gasteiger partial charge is 0.0113 e. The first-order valence-electron chi connectivity index (χ1n) is 8.51. The number of hydrogen-bond acceptors (Lipinski definition) is 3. The molecule has 2 aliphatic heterocycles. The van der Waals surface area contributed by atoms with E-state index in [0.29, 0.717) is 0 Å². The molecule has 2 atom stereocenters. The van der Waals surface area contributed by atoms with E-state index >= 15 is 0 Å². The maximum Gasteiger partial charge on any atom is 0.0113 e. The molecular weight excluding hydrogens is 234 g/mol. The summed E-state index contributed by atoms with van der Waals surface area (Å²) in [5, 5.41) is 3.57. The molecule has 1 N–H and O–H groups in total. The van der Waals surface area contributed by atoms with Gasteiger partial charge in [-0.3, -0.25) is 4.90 Å². The SMILES string of the molecule is CC1CC(CN2CCN(C3CCCC3)CC2)CCN1. The predicted octanol–water partition coefficient (Wildman–Crippen LogP) is 1.93. The fourth-order valence-corrected chi connectivity index (χ4v) is 4.35. The Kier molecular flexibility index (Phi) is 4.78. The van der Waals surface area contributed by atoms with E-state index in [0.717, 1.165) is 18.0 Å². The Balaban J connectivity index is 1.40. The van der Waals surface area contributed by atoms with Crippen molar-refractivity contribution in [1.29, 1.82) is 0 Å². The molecule has 19 heavy (non-hydrogen) atoms. The van der Waals surface area contributed by atoms with E-state index in [1.807, 2.05) is 0 Å². The summed E-state index contributed by atoms with van der Waals surface area (Å²) in [5.74, 6) is 0.939. The summed E-state index contributed by atoms with van der Waals surface area (Å²) in [7, 11) is 0. The molecule has 3 nitrogen and oxygen atoms in total. The molecule has 0 bridgehead atoms. The number of nitrogens with one attached hydrogen (secondary N) is 1. The molecule has 2 saturated heterocycles. The van der Waals surface area contributed by atoms with Gasteiger partial charge in [0.15, 0.2) is 0 Å². The van der Waals surface area contributed by atoms with Crippen LogP contribution in [0.5, 0.6) is 0 Å². The van der Waals surface area contributed by atoms with Crippen LogP contribution in [0.25, 0.3) is 0 Å². The zero-order valence-corrected chi connectivity index (χ0v) is 12.6. The highest BCUT2D eigenvalue weighted by atomic mass is 15.3. The number of nitrogens with zero attached hydrogens (tertiary/aromatic N) is 2. The van der Waals surface area contributed by atoms with Crippen molar-refractivity contribution in [1.82, 2.24) is 15.1 Å². The summed E-state index contributed by atoms with van der Waals surface area (Å²) >= 11 is 0. The van der Waals surface area contributed by atoms with Crippen molar-refractivity contribution in [2.75, 3.05) is 39.3 Å². The normalized spacial score (nSPS) is 35.8. The van der Waals surface area contributed by atoms with Gasteiger partial charge in [0.05, 0.1) is 0 Å². The molecule has 0 aromatic carbocycles. The Labute approximate surface area is 118 Å². The first-order chi connectivity index (χ1) is 9.31. The van der Waals surface area contributed by atoms with Gasteiger partial charge in [0.1, 0.15) is 0 Å². The van der Waals surface area contributed by atoms with Gasteiger partial charge >= 0.3 is 0 Å². The molecule has 0 amide bonds. The van der Waals surface area contributed by atoms with Crippen LogP contribution in [0.4, 0.5) is 0 Å². The Morgan fingerprint density at radius 3 is 2.42 bits per heavy atom. The second-order valence-electron chi connectivity index (χ2n) is 7.02. The van der Waals surface area contributed by atoms with E-state index < -0.39 is 0 Å². The van der Waals surface area contributed by atoms with Gasteiger partial charge in [0.2, 0.25) is 0 Å². The monoisotopic (exact) mass is 265 g/mol. The van der Waals surface area contributed by atoms with Gasteiger partial charge in [-0.15, -0.1) is 0 Å². The maximum atomic E-state index is 3.57. The van der Waals surface area contributed by atoms with Crippen molar-refractivity contribution in [2.45, 2.75) is 57.5 Å². The summed E-state index contributed by atoms with van der Waals surface area (Å²) in [6, 6.07) is 1.67. The quantitative estimate of drug-likeness (QED) is 0.841. The lowest BCUT2D eigenvalue weighted by atomic mass is 9.92. The van der Waals surface area contributed by atoms with Crippen LogP contribution in [-0.4, -0.2) is 61.2 Å². The van der Waals surface area contributed by atoms with Gasteiger partial charge in [-0.1, -0.05) is 12.8 Å². The number of hydrogen-bond donors (Lipinski definition) is 1. The summed E-state index contributed by atoms with van der Waals surface area (Å²) in [5.41, 5.74) is 0. The third-order valence-corrected chi connectivity index (χ3v) is 5.50. The van der Waals surface area contributed by atoms with E-state index in [1.165, 1.54) is 77.8 Å². The first kappa shape index (κ1) is 13.8. The van der Waals surface area contributed by atoms with Crippen molar-refractivity contribution < 1.29 is 0 Å². The highest BCUT2D eigenvalue weighted by molar-refractivity contribution is 4.84.